The van der Waals surface area contributed by atoms with E-state index in [0.717, 1.165) is 12.0 Å². The molecule has 102 valence electrons. The van der Waals surface area contributed by atoms with Gasteiger partial charge in [0.25, 0.3) is 0 Å². The van der Waals surface area contributed by atoms with Gasteiger partial charge in [-0.3, -0.25) is 4.79 Å². The van der Waals surface area contributed by atoms with Crippen LogP contribution >= 0.6 is 0 Å². The fraction of sp³-hybridized carbons (Fsp3) is 0.316. The molecule has 0 radical (unpaired) electrons. The lowest BCUT2D eigenvalue weighted by Crippen LogP contribution is -2.06. The number of carbonyl (C=O) groups is 1. The quantitative estimate of drug-likeness (QED) is 0.732. The van der Waals surface area contributed by atoms with Crippen LogP contribution in [-0.4, -0.2) is 5.78 Å². The van der Waals surface area contributed by atoms with E-state index in [9.17, 15) is 4.79 Å². The van der Waals surface area contributed by atoms with Crippen molar-refractivity contribution in [3.8, 4) is 11.1 Å². The number of rotatable bonds is 1. The molecule has 0 amide bonds. The highest BCUT2D eigenvalue weighted by Crippen LogP contribution is 2.40. The van der Waals surface area contributed by atoms with Gasteiger partial charge in [-0.05, 0) is 60.6 Å². The first kappa shape index (κ1) is 13.1. The molecule has 0 bridgehead atoms. The second-order valence-electron chi connectivity index (χ2n) is 5.94. The van der Waals surface area contributed by atoms with Crippen molar-refractivity contribution in [3.05, 3.63) is 58.1 Å². The molecule has 0 heterocycles. The molecule has 1 aliphatic rings. The van der Waals surface area contributed by atoms with E-state index in [4.69, 9.17) is 0 Å². The van der Waals surface area contributed by atoms with E-state index in [-0.39, 0.29) is 5.92 Å². The fourth-order valence-electron chi connectivity index (χ4n) is 3.41. The largest absolute Gasteiger partial charge is 0.294 e. The molecule has 3 rings (SSSR count). The van der Waals surface area contributed by atoms with Crippen molar-refractivity contribution in [2.45, 2.75) is 34.1 Å². The molecule has 2 aromatic rings. The van der Waals surface area contributed by atoms with Crippen LogP contribution in [0.4, 0.5) is 0 Å². The molecule has 1 unspecified atom stereocenters. The molecule has 0 saturated carbocycles. The second kappa shape index (κ2) is 4.59. The molecule has 0 aliphatic heterocycles. The number of hydrogen-bond donors (Lipinski definition) is 0. The maximum Gasteiger partial charge on any atom is 0.166 e. The summed E-state index contributed by atoms with van der Waals surface area (Å²) in [6, 6.07) is 10.5. The van der Waals surface area contributed by atoms with Gasteiger partial charge in [-0.2, -0.15) is 0 Å². The van der Waals surface area contributed by atoms with E-state index in [0.29, 0.717) is 5.78 Å². The van der Waals surface area contributed by atoms with E-state index in [1.165, 1.54) is 33.4 Å². The average Bonchev–Trinajstić information content (AvgIpc) is 2.74. The number of Topliss-reactive ketones (excluding diaryl/α,β-unsaturated/α-hetero) is 1. The maximum absolute atomic E-state index is 12.5. The molecule has 0 saturated heterocycles. The Morgan fingerprint density at radius 2 is 1.50 bits per heavy atom. The fourth-order valence-corrected chi connectivity index (χ4v) is 3.41. The van der Waals surface area contributed by atoms with Crippen LogP contribution in [0.15, 0.2) is 30.3 Å². The van der Waals surface area contributed by atoms with Crippen LogP contribution in [0, 0.1) is 26.7 Å². The Morgan fingerprint density at radius 3 is 2.15 bits per heavy atom. The van der Waals surface area contributed by atoms with Gasteiger partial charge < -0.3 is 0 Å². The van der Waals surface area contributed by atoms with Crippen LogP contribution in [0.25, 0.3) is 11.1 Å². The summed E-state index contributed by atoms with van der Waals surface area (Å²) in [7, 11) is 0. The molecule has 0 aromatic heterocycles. The van der Waals surface area contributed by atoms with Gasteiger partial charge in [-0.15, -0.1) is 0 Å². The van der Waals surface area contributed by atoms with Crippen molar-refractivity contribution in [1.82, 2.24) is 0 Å². The second-order valence-corrected chi connectivity index (χ2v) is 5.94. The number of benzene rings is 2. The first-order chi connectivity index (χ1) is 9.52. The van der Waals surface area contributed by atoms with Gasteiger partial charge in [0.1, 0.15) is 0 Å². The number of hydrogen-bond acceptors (Lipinski definition) is 1. The summed E-state index contributed by atoms with van der Waals surface area (Å²) in [5.41, 5.74) is 8.49. The summed E-state index contributed by atoms with van der Waals surface area (Å²) in [6.07, 6.45) is 0.875. The monoisotopic (exact) mass is 264 g/mol. The Morgan fingerprint density at radius 1 is 0.900 bits per heavy atom. The Bertz CT molecular complexity index is 696. The van der Waals surface area contributed by atoms with Gasteiger partial charge in [-0.1, -0.05) is 37.3 Å². The van der Waals surface area contributed by atoms with Crippen LogP contribution in [0.2, 0.25) is 0 Å². The topological polar surface area (TPSA) is 17.1 Å². The number of ketones is 1. The van der Waals surface area contributed by atoms with Crippen LogP contribution in [0.5, 0.6) is 0 Å². The minimum atomic E-state index is 0.118. The summed E-state index contributed by atoms with van der Waals surface area (Å²) in [4.78, 5) is 12.5. The van der Waals surface area contributed by atoms with Crippen molar-refractivity contribution in [2.24, 2.45) is 5.92 Å². The van der Waals surface area contributed by atoms with E-state index >= 15 is 0 Å². The Hall–Kier alpha value is -1.89. The normalized spacial score (nSPS) is 17.4. The summed E-state index contributed by atoms with van der Waals surface area (Å²) in [6.45, 7) is 8.44. The standard InChI is InChI=1S/C19H20O/c1-11-10-16-17(15-8-6-5-7-9-15)13(3)12(2)14(4)18(16)19(11)20/h5-9,11H,10H2,1-4H3. The third-order valence-electron chi connectivity index (χ3n) is 4.75. The Labute approximate surface area is 120 Å². The lowest BCUT2D eigenvalue weighted by atomic mass is 9.86. The molecule has 1 atom stereocenters. The highest BCUT2D eigenvalue weighted by Gasteiger charge is 2.32. The third-order valence-corrected chi connectivity index (χ3v) is 4.75. The van der Waals surface area contributed by atoms with Gasteiger partial charge in [0.15, 0.2) is 5.78 Å². The van der Waals surface area contributed by atoms with E-state index in [1.54, 1.807) is 0 Å². The maximum atomic E-state index is 12.5. The zero-order chi connectivity index (χ0) is 14.4. The van der Waals surface area contributed by atoms with Crippen molar-refractivity contribution < 1.29 is 4.79 Å². The molecule has 1 heteroatoms. The van der Waals surface area contributed by atoms with Gasteiger partial charge >= 0.3 is 0 Å². The van der Waals surface area contributed by atoms with Crippen molar-refractivity contribution in [2.75, 3.05) is 0 Å². The molecule has 1 aliphatic carbocycles. The SMILES string of the molecule is Cc1c(C)c2c(c(-c3ccccc3)c1C)CC(C)C2=O. The Kier molecular flexibility index (Phi) is 3.01. The van der Waals surface area contributed by atoms with Crippen LogP contribution in [-0.2, 0) is 6.42 Å². The first-order valence-corrected chi connectivity index (χ1v) is 7.24. The molecule has 2 aromatic carbocycles. The van der Waals surface area contributed by atoms with Gasteiger partial charge in [-0.25, -0.2) is 0 Å². The summed E-state index contributed by atoms with van der Waals surface area (Å²) in [5, 5.41) is 0. The highest BCUT2D eigenvalue weighted by molar-refractivity contribution is 6.06. The summed E-state index contributed by atoms with van der Waals surface area (Å²) >= 11 is 0. The molecular weight excluding hydrogens is 244 g/mol. The van der Waals surface area contributed by atoms with Crippen molar-refractivity contribution >= 4 is 5.78 Å². The van der Waals surface area contributed by atoms with E-state index in [1.807, 2.05) is 13.0 Å². The highest BCUT2D eigenvalue weighted by atomic mass is 16.1. The van der Waals surface area contributed by atoms with Crippen LogP contribution in [0.3, 0.4) is 0 Å². The predicted molar refractivity (Wildman–Crippen MR) is 83.3 cm³/mol. The summed E-state index contributed by atoms with van der Waals surface area (Å²) < 4.78 is 0. The molecule has 20 heavy (non-hydrogen) atoms. The Balaban J connectivity index is 2.38. The summed E-state index contributed by atoms with van der Waals surface area (Å²) in [5.74, 6) is 0.435. The average molecular weight is 264 g/mol. The van der Waals surface area contributed by atoms with Gasteiger partial charge in [0.05, 0.1) is 0 Å². The predicted octanol–water partition coefficient (Wildman–Crippen LogP) is 4.65. The molecular formula is C19H20O. The van der Waals surface area contributed by atoms with Crippen LogP contribution < -0.4 is 0 Å². The number of carbonyl (C=O) groups excluding carboxylic acids is 1. The lowest BCUT2D eigenvalue weighted by Gasteiger charge is -2.18. The number of fused-ring (bicyclic) bond motifs is 1. The third kappa shape index (κ3) is 1.73. The van der Waals surface area contributed by atoms with E-state index in [2.05, 4.69) is 45.0 Å². The molecule has 0 spiro atoms. The van der Waals surface area contributed by atoms with E-state index < -0.39 is 0 Å². The lowest BCUT2D eigenvalue weighted by molar-refractivity contribution is 0.0945. The minimum absolute atomic E-state index is 0.118. The zero-order valence-corrected chi connectivity index (χ0v) is 12.6. The smallest absolute Gasteiger partial charge is 0.166 e. The van der Waals surface area contributed by atoms with Crippen molar-refractivity contribution in [3.63, 3.8) is 0 Å². The molecule has 0 fully saturated rings. The zero-order valence-electron chi connectivity index (χ0n) is 12.6. The first-order valence-electron chi connectivity index (χ1n) is 7.24. The minimum Gasteiger partial charge on any atom is -0.294 e. The van der Waals surface area contributed by atoms with Gasteiger partial charge in [0, 0.05) is 11.5 Å². The van der Waals surface area contributed by atoms with Crippen LogP contribution in [0.1, 0.15) is 39.5 Å². The van der Waals surface area contributed by atoms with Crippen molar-refractivity contribution in [1.29, 1.82) is 0 Å². The molecule has 0 N–H and O–H groups in total. The van der Waals surface area contributed by atoms with Gasteiger partial charge in [0.2, 0.25) is 0 Å². The molecule has 1 nitrogen and oxygen atoms in total.